The molecule has 0 bridgehead atoms. The van der Waals surface area contributed by atoms with E-state index in [1.807, 2.05) is 21.1 Å². The van der Waals surface area contributed by atoms with Gasteiger partial charge in [0, 0.05) is 13.0 Å². The molecule has 0 rings (SSSR count). The summed E-state index contributed by atoms with van der Waals surface area (Å²) in [5.41, 5.74) is 0. The Bertz CT molecular complexity index is 1290. The number of esters is 1. The molecule has 424 valence electrons. The quantitative estimate of drug-likeness (QED) is 0.0197. The summed E-state index contributed by atoms with van der Waals surface area (Å²) in [6.07, 6.45) is 71.7. The first-order valence-corrected chi connectivity index (χ1v) is 32.3. The lowest BCUT2D eigenvalue weighted by Gasteiger charge is -2.28. The highest BCUT2D eigenvalue weighted by Gasteiger charge is 2.20. The van der Waals surface area contributed by atoms with Gasteiger partial charge in [0.25, 0.3) is 7.82 Å². The second kappa shape index (κ2) is 55.7. The third-order valence-electron chi connectivity index (χ3n) is 13.6. The van der Waals surface area contributed by atoms with Crippen molar-refractivity contribution >= 4 is 13.8 Å². The third-order valence-corrected chi connectivity index (χ3v) is 14.6. The van der Waals surface area contributed by atoms with Crippen LogP contribution in [0.25, 0.3) is 0 Å². The molecule has 0 aromatic heterocycles. The normalized spacial score (nSPS) is 13.7. The number of rotatable bonds is 58. The minimum Gasteiger partial charge on any atom is -0.756 e. The van der Waals surface area contributed by atoms with Crippen LogP contribution >= 0.6 is 7.82 Å². The van der Waals surface area contributed by atoms with Crippen molar-refractivity contribution in [2.24, 2.45) is 0 Å². The Morgan fingerprint density at radius 1 is 0.444 bits per heavy atom. The number of hydrogen-bond acceptors (Lipinski definition) is 7. The summed E-state index contributed by atoms with van der Waals surface area (Å²) in [5.74, 6) is -0.331. The highest BCUT2D eigenvalue weighted by molar-refractivity contribution is 7.45. The lowest BCUT2D eigenvalue weighted by atomic mass is 10.0. The van der Waals surface area contributed by atoms with Crippen molar-refractivity contribution in [3.8, 4) is 0 Å². The number of allylic oxidation sites excluding steroid dienone is 8. The van der Waals surface area contributed by atoms with Gasteiger partial charge >= 0.3 is 5.97 Å². The molecule has 2 atom stereocenters. The molecule has 0 aliphatic carbocycles. The van der Waals surface area contributed by atoms with Crippen LogP contribution in [0.3, 0.4) is 0 Å². The Hall–Kier alpha value is -1.54. The Labute approximate surface area is 448 Å². The summed E-state index contributed by atoms with van der Waals surface area (Å²) in [7, 11) is 1.37. The van der Waals surface area contributed by atoms with E-state index in [9.17, 15) is 14.3 Å². The lowest BCUT2D eigenvalue weighted by molar-refractivity contribution is -0.870. The zero-order valence-corrected chi connectivity index (χ0v) is 49.3. The van der Waals surface area contributed by atoms with Gasteiger partial charge in [0.15, 0.2) is 0 Å². The highest BCUT2D eigenvalue weighted by Crippen LogP contribution is 2.38. The molecule has 0 aromatic rings. The Balaban J connectivity index is 4.01. The van der Waals surface area contributed by atoms with Gasteiger partial charge < -0.3 is 27.9 Å². The van der Waals surface area contributed by atoms with Crippen molar-refractivity contribution in [1.82, 2.24) is 0 Å². The van der Waals surface area contributed by atoms with Gasteiger partial charge in [0.05, 0.1) is 34.4 Å². The Morgan fingerprint density at radius 2 is 0.806 bits per heavy atom. The van der Waals surface area contributed by atoms with Gasteiger partial charge in [0.1, 0.15) is 19.3 Å². The van der Waals surface area contributed by atoms with Crippen LogP contribution in [0.2, 0.25) is 0 Å². The standard InChI is InChI=1S/C63H120NO7P/c1-6-8-10-12-14-16-18-20-22-24-26-28-30-32-34-36-38-40-42-44-46-48-50-52-54-56-63(65)71-62(61-70-72(66,67)69-59-57-64(3,4)5)60-68-58-55-53-51-49-47-45-43-41-39-37-35-33-31-29-27-25-23-21-19-17-15-13-11-9-7-2/h8,10,14,16,20,22,26,28,62H,6-7,9,11-13,15,17-19,21,23-25,27,29-61H2,1-5H3/b10-8-,16-14-,22-20-,28-26-. The zero-order chi connectivity index (χ0) is 52.6. The van der Waals surface area contributed by atoms with E-state index in [0.717, 1.165) is 57.8 Å². The van der Waals surface area contributed by atoms with Crippen LogP contribution in [0.15, 0.2) is 48.6 Å². The van der Waals surface area contributed by atoms with Crippen LogP contribution in [0.4, 0.5) is 0 Å². The van der Waals surface area contributed by atoms with Gasteiger partial charge in [-0.05, 0) is 51.4 Å². The van der Waals surface area contributed by atoms with Crippen molar-refractivity contribution in [1.29, 1.82) is 0 Å². The van der Waals surface area contributed by atoms with Crippen molar-refractivity contribution < 1.29 is 37.3 Å². The van der Waals surface area contributed by atoms with Gasteiger partial charge in [0.2, 0.25) is 0 Å². The number of unbranched alkanes of at least 4 members (excludes halogenated alkanes) is 36. The SMILES string of the molecule is CC/C=C\C/C=C\C/C=C\C/C=C\CCCCCCCCCCCCCCC(=O)OC(COCCCCCCCCCCCCCCCCCCCCCCCCCCC)COP(=O)([O-])OCC[N+](C)(C)C. The number of phosphoric ester groups is 1. The van der Waals surface area contributed by atoms with E-state index in [4.69, 9.17) is 18.5 Å². The van der Waals surface area contributed by atoms with Crippen molar-refractivity contribution in [3.05, 3.63) is 48.6 Å². The van der Waals surface area contributed by atoms with E-state index in [-0.39, 0.29) is 25.8 Å². The Kier molecular flexibility index (Phi) is 54.5. The molecule has 0 radical (unpaired) electrons. The van der Waals surface area contributed by atoms with Gasteiger partial charge in [-0.1, -0.05) is 281 Å². The summed E-state index contributed by atoms with van der Waals surface area (Å²) in [6.45, 7) is 5.36. The molecule has 0 aliphatic rings. The molecule has 0 saturated heterocycles. The molecule has 0 amide bonds. The predicted molar refractivity (Wildman–Crippen MR) is 310 cm³/mol. The average Bonchev–Trinajstić information content (AvgIpc) is 3.34. The van der Waals surface area contributed by atoms with Gasteiger partial charge in [-0.2, -0.15) is 0 Å². The van der Waals surface area contributed by atoms with Crippen LogP contribution in [-0.4, -0.2) is 70.7 Å². The average molecular weight is 1030 g/mol. The summed E-state index contributed by atoms with van der Waals surface area (Å²) >= 11 is 0. The maximum absolute atomic E-state index is 12.8. The van der Waals surface area contributed by atoms with Crippen LogP contribution in [0.1, 0.15) is 290 Å². The van der Waals surface area contributed by atoms with Gasteiger partial charge in [-0.25, -0.2) is 0 Å². The van der Waals surface area contributed by atoms with Crippen LogP contribution in [-0.2, 0) is 27.9 Å². The molecule has 8 nitrogen and oxygen atoms in total. The number of phosphoric acid groups is 1. The maximum Gasteiger partial charge on any atom is 0.306 e. The third kappa shape index (κ3) is 59.3. The molecule has 0 spiro atoms. The molecular formula is C63H120NO7P. The molecule has 0 N–H and O–H groups in total. The second-order valence-electron chi connectivity index (χ2n) is 22.0. The molecule has 0 aromatic carbocycles. The first-order chi connectivity index (χ1) is 35.1. The number of carbonyl (C=O) groups is 1. The number of likely N-dealkylation sites (N-methyl/N-ethyl adjacent to an activating group) is 1. The molecule has 2 unspecified atom stereocenters. The first kappa shape index (κ1) is 70.5. The molecule has 0 aliphatic heterocycles. The number of quaternary nitrogens is 1. The molecule has 0 saturated carbocycles. The van der Waals surface area contributed by atoms with E-state index < -0.39 is 13.9 Å². The fourth-order valence-corrected chi connectivity index (χ4v) is 9.68. The van der Waals surface area contributed by atoms with E-state index in [1.54, 1.807) is 0 Å². The summed E-state index contributed by atoms with van der Waals surface area (Å²) in [5, 5.41) is 0. The van der Waals surface area contributed by atoms with Crippen LogP contribution in [0.5, 0.6) is 0 Å². The number of ether oxygens (including phenoxy) is 2. The summed E-state index contributed by atoms with van der Waals surface area (Å²) < 4.78 is 34.9. The minimum atomic E-state index is -4.54. The minimum absolute atomic E-state index is 0.0268. The first-order valence-electron chi connectivity index (χ1n) is 30.9. The molecular weight excluding hydrogens is 914 g/mol. The second-order valence-corrected chi connectivity index (χ2v) is 23.5. The van der Waals surface area contributed by atoms with Crippen molar-refractivity contribution in [2.75, 3.05) is 54.1 Å². The monoisotopic (exact) mass is 1030 g/mol. The predicted octanol–water partition coefficient (Wildman–Crippen LogP) is 19.2. The van der Waals surface area contributed by atoms with Gasteiger partial charge in [-0.3, -0.25) is 9.36 Å². The van der Waals surface area contributed by atoms with Gasteiger partial charge in [-0.15, -0.1) is 0 Å². The van der Waals surface area contributed by atoms with E-state index >= 15 is 0 Å². The number of carbonyl (C=O) groups excluding carboxylic acids is 1. The smallest absolute Gasteiger partial charge is 0.306 e. The summed E-state index contributed by atoms with van der Waals surface area (Å²) in [6, 6.07) is 0. The fraction of sp³-hybridized carbons (Fsp3) is 0.857. The van der Waals surface area contributed by atoms with Crippen LogP contribution in [0, 0.1) is 0 Å². The summed E-state index contributed by atoms with van der Waals surface area (Å²) in [4.78, 5) is 25.3. The van der Waals surface area contributed by atoms with E-state index in [1.165, 1.54) is 212 Å². The molecule has 0 fully saturated rings. The Morgan fingerprint density at radius 3 is 1.21 bits per heavy atom. The van der Waals surface area contributed by atoms with Crippen molar-refractivity contribution in [2.45, 2.75) is 296 Å². The zero-order valence-electron chi connectivity index (χ0n) is 48.4. The topological polar surface area (TPSA) is 94.1 Å². The maximum atomic E-state index is 12.8. The number of hydrogen-bond donors (Lipinski definition) is 0. The van der Waals surface area contributed by atoms with Crippen molar-refractivity contribution in [3.63, 3.8) is 0 Å². The highest BCUT2D eigenvalue weighted by atomic mass is 31.2. The molecule has 0 heterocycles. The van der Waals surface area contributed by atoms with Crippen LogP contribution < -0.4 is 4.89 Å². The lowest BCUT2D eigenvalue weighted by Crippen LogP contribution is -2.37. The molecule has 9 heteroatoms. The largest absolute Gasteiger partial charge is 0.756 e. The van der Waals surface area contributed by atoms with E-state index in [2.05, 4.69) is 62.5 Å². The fourth-order valence-electron chi connectivity index (χ4n) is 8.95. The molecule has 72 heavy (non-hydrogen) atoms. The van der Waals surface area contributed by atoms with E-state index in [0.29, 0.717) is 24.1 Å². The number of nitrogens with zero attached hydrogens (tertiary/aromatic N) is 1.